The van der Waals surface area contributed by atoms with Crippen molar-refractivity contribution in [3.63, 3.8) is 0 Å². The van der Waals surface area contributed by atoms with Crippen molar-refractivity contribution in [1.82, 2.24) is 4.90 Å². The smallest absolute Gasteiger partial charge is 0.0748 e. The fraction of sp³-hybridized carbons (Fsp3) is 1.00. The Hall–Kier alpha value is -0.120. The lowest BCUT2D eigenvalue weighted by atomic mass is 9.86. The number of rotatable bonds is 2. The second kappa shape index (κ2) is 3.23. The van der Waals surface area contributed by atoms with Crippen molar-refractivity contribution in [2.45, 2.75) is 37.3 Å². The molecule has 13 heavy (non-hydrogen) atoms. The Morgan fingerprint density at radius 2 is 1.92 bits per heavy atom. The number of nitrogens with two attached hydrogens (primary N) is 1. The molecule has 1 heterocycles. The molecule has 2 aliphatic rings. The van der Waals surface area contributed by atoms with Gasteiger partial charge in [0.05, 0.1) is 6.10 Å². The maximum absolute atomic E-state index is 10.0. The van der Waals surface area contributed by atoms with Gasteiger partial charge in [-0.05, 0) is 51.7 Å². The average Bonchev–Trinajstić information content (AvgIpc) is 2.85. The van der Waals surface area contributed by atoms with Crippen LogP contribution >= 0.6 is 0 Å². The van der Waals surface area contributed by atoms with Gasteiger partial charge in [0.15, 0.2) is 0 Å². The molecule has 1 aliphatic carbocycles. The highest BCUT2D eigenvalue weighted by molar-refractivity contribution is 5.06. The molecule has 3 N–H and O–H groups in total. The Kier molecular flexibility index (Phi) is 2.34. The number of nitrogens with zero attached hydrogens (tertiary/aromatic N) is 1. The summed E-state index contributed by atoms with van der Waals surface area (Å²) in [6, 6.07) is 0. The maximum atomic E-state index is 10.0. The third-order valence-corrected chi connectivity index (χ3v) is 3.63. The van der Waals surface area contributed by atoms with Crippen molar-refractivity contribution in [2.75, 3.05) is 20.1 Å². The zero-order chi connectivity index (χ0) is 9.47. The first-order valence-corrected chi connectivity index (χ1v) is 5.27. The van der Waals surface area contributed by atoms with Crippen molar-refractivity contribution in [1.29, 1.82) is 0 Å². The first-order chi connectivity index (χ1) is 6.12. The molecule has 3 heteroatoms. The Balaban J connectivity index is 1.87. The van der Waals surface area contributed by atoms with Gasteiger partial charge in [0.1, 0.15) is 0 Å². The Morgan fingerprint density at radius 1 is 1.38 bits per heavy atom. The monoisotopic (exact) mass is 184 g/mol. The fourth-order valence-electron chi connectivity index (χ4n) is 2.25. The molecule has 0 radical (unpaired) electrons. The molecular formula is C10H20N2O. The molecule has 1 unspecified atom stereocenters. The highest BCUT2D eigenvalue weighted by Crippen LogP contribution is 2.40. The minimum Gasteiger partial charge on any atom is -0.391 e. The van der Waals surface area contributed by atoms with Gasteiger partial charge < -0.3 is 15.7 Å². The second-order valence-electron chi connectivity index (χ2n) is 4.82. The van der Waals surface area contributed by atoms with E-state index in [1.165, 1.54) is 0 Å². The number of hydrogen-bond acceptors (Lipinski definition) is 3. The van der Waals surface area contributed by atoms with E-state index in [0.717, 1.165) is 38.8 Å². The highest BCUT2D eigenvalue weighted by atomic mass is 16.3. The van der Waals surface area contributed by atoms with Gasteiger partial charge in [-0.1, -0.05) is 0 Å². The molecule has 0 spiro atoms. The summed E-state index contributed by atoms with van der Waals surface area (Å²) in [7, 11) is 2.14. The lowest BCUT2D eigenvalue weighted by molar-refractivity contribution is 0.0396. The van der Waals surface area contributed by atoms with Gasteiger partial charge in [-0.25, -0.2) is 0 Å². The van der Waals surface area contributed by atoms with E-state index in [1.807, 2.05) is 0 Å². The Morgan fingerprint density at radius 3 is 2.38 bits per heavy atom. The van der Waals surface area contributed by atoms with E-state index in [2.05, 4.69) is 11.9 Å². The van der Waals surface area contributed by atoms with Crippen molar-refractivity contribution < 1.29 is 5.11 Å². The number of aliphatic hydroxyl groups is 1. The van der Waals surface area contributed by atoms with Crippen LogP contribution in [0.5, 0.6) is 0 Å². The van der Waals surface area contributed by atoms with Crippen LogP contribution in [-0.2, 0) is 0 Å². The highest BCUT2D eigenvalue weighted by Gasteiger charge is 2.48. The van der Waals surface area contributed by atoms with Crippen LogP contribution in [0.1, 0.15) is 25.7 Å². The summed E-state index contributed by atoms with van der Waals surface area (Å²) >= 11 is 0. The van der Waals surface area contributed by atoms with E-state index in [9.17, 15) is 5.11 Å². The van der Waals surface area contributed by atoms with E-state index in [0.29, 0.717) is 5.92 Å². The van der Waals surface area contributed by atoms with Crippen molar-refractivity contribution in [3.8, 4) is 0 Å². The van der Waals surface area contributed by atoms with Gasteiger partial charge in [-0.15, -0.1) is 0 Å². The summed E-state index contributed by atoms with van der Waals surface area (Å²) in [6.45, 7) is 2.22. The lowest BCUT2D eigenvalue weighted by Crippen LogP contribution is -2.46. The summed E-state index contributed by atoms with van der Waals surface area (Å²) in [5.41, 5.74) is 5.78. The summed E-state index contributed by atoms with van der Waals surface area (Å²) < 4.78 is 0. The minimum absolute atomic E-state index is 0.208. The number of aliphatic hydroxyl groups excluding tert-OH is 1. The average molecular weight is 184 g/mol. The van der Waals surface area contributed by atoms with Gasteiger partial charge >= 0.3 is 0 Å². The van der Waals surface area contributed by atoms with Gasteiger partial charge in [0, 0.05) is 5.54 Å². The van der Waals surface area contributed by atoms with Crippen LogP contribution in [-0.4, -0.2) is 41.8 Å². The van der Waals surface area contributed by atoms with Crippen LogP contribution < -0.4 is 5.73 Å². The van der Waals surface area contributed by atoms with Crippen LogP contribution in [0.2, 0.25) is 0 Å². The molecule has 1 atom stereocenters. The molecule has 2 rings (SSSR count). The van der Waals surface area contributed by atoms with Crippen LogP contribution in [0.4, 0.5) is 0 Å². The first-order valence-electron chi connectivity index (χ1n) is 5.27. The molecule has 0 aromatic heterocycles. The molecule has 0 aromatic rings. The molecule has 1 saturated heterocycles. The van der Waals surface area contributed by atoms with Crippen molar-refractivity contribution in [2.24, 2.45) is 11.7 Å². The molecule has 2 fully saturated rings. The van der Waals surface area contributed by atoms with Gasteiger partial charge in [-0.2, -0.15) is 0 Å². The van der Waals surface area contributed by atoms with Gasteiger partial charge in [-0.3, -0.25) is 0 Å². The maximum Gasteiger partial charge on any atom is 0.0748 e. The van der Waals surface area contributed by atoms with Crippen LogP contribution in [0.25, 0.3) is 0 Å². The quantitative estimate of drug-likeness (QED) is 0.643. The van der Waals surface area contributed by atoms with E-state index >= 15 is 0 Å². The SMILES string of the molecule is CN1CCC(C(O)C2(N)CC2)CC1. The minimum atomic E-state index is -0.249. The topological polar surface area (TPSA) is 49.5 Å². The van der Waals surface area contributed by atoms with Crippen LogP contribution in [0.3, 0.4) is 0 Å². The zero-order valence-corrected chi connectivity index (χ0v) is 8.37. The molecule has 76 valence electrons. The van der Waals surface area contributed by atoms with Gasteiger partial charge in [0.2, 0.25) is 0 Å². The molecule has 3 nitrogen and oxygen atoms in total. The largest absolute Gasteiger partial charge is 0.391 e. The third-order valence-electron chi connectivity index (χ3n) is 3.63. The third kappa shape index (κ3) is 1.87. The van der Waals surface area contributed by atoms with E-state index in [1.54, 1.807) is 0 Å². The van der Waals surface area contributed by atoms with Crippen LogP contribution in [0, 0.1) is 5.92 Å². The predicted octanol–water partition coefficient (Wildman–Crippen LogP) is 0.180. The summed E-state index contributed by atoms with van der Waals surface area (Å²) in [5, 5.41) is 10.0. The van der Waals surface area contributed by atoms with Crippen molar-refractivity contribution >= 4 is 0 Å². The predicted molar refractivity (Wildman–Crippen MR) is 52.4 cm³/mol. The van der Waals surface area contributed by atoms with Crippen molar-refractivity contribution in [3.05, 3.63) is 0 Å². The van der Waals surface area contributed by atoms with E-state index in [4.69, 9.17) is 5.73 Å². The normalized spacial score (nSPS) is 31.6. The fourth-order valence-corrected chi connectivity index (χ4v) is 2.25. The Labute approximate surface area is 79.9 Å². The molecule has 1 saturated carbocycles. The standard InChI is InChI=1S/C10H20N2O/c1-12-6-2-8(3-7-12)9(13)10(11)4-5-10/h8-9,13H,2-7,11H2,1H3. The number of piperidine rings is 1. The summed E-state index contributed by atoms with van der Waals surface area (Å²) in [4.78, 5) is 2.32. The summed E-state index contributed by atoms with van der Waals surface area (Å²) in [5.74, 6) is 0.448. The first kappa shape index (κ1) is 9.44. The van der Waals surface area contributed by atoms with E-state index < -0.39 is 0 Å². The number of likely N-dealkylation sites (tertiary alicyclic amines) is 1. The zero-order valence-electron chi connectivity index (χ0n) is 8.37. The lowest BCUT2D eigenvalue weighted by Gasteiger charge is -2.34. The molecular weight excluding hydrogens is 164 g/mol. The molecule has 0 bridgehead atoms. The second-order valence-corrected chi connectivity index (χ2v) is 4.82. The van der Waals surface area contributed by atoms with Crippen LogP contribution in [0.15, 0.2) is 0 Å². The van der Waals surface area contributed by atoms with Gasteiger partial charge in [0.25, 0.3) is 0 Å². The molecule has 0 amide bonds. The molecule has 1 aliphatic heterocycles. The Bertz CT molecular complexity index is 183. The number of hydrogen-bond donors (Lipinski definition) is 2. The molecule has 0 aromatic carbocycles. The summed E-state index contributed by atoms with van der Waals surface area (Å²) in [6.07, 6.45) is 4.00. The van der Waals surface area contributed by atoms with E-state index in [-0.39, 0.29) is 11.6 Å².